The van der Waals surface area contributed by atoms with Crippen molar-refractivity contribution in [3.05, 3.63) is 53.1 Å². The Morgan fingerprint density at radius 3 is 2.35 bits per heavy atom. The molecule has 3 nitrogen and oxygen atoms in total. The van der Waals surface area contributed by atoms with E-state index in [1.165, 1.54) is 0 Å². The minimum atomic E-state index is 0.277. The van der Waals surface area contributed by atoms with Crippen LogP contribution < -0.4 is 9.47 Å². The van der Waals surface area contributed by atoms with E-state index in [-0.39, 0.29) is 5.75 Å². The fourth-order valence-corrected chi connectivity index (χ4v) is 2.29. The van der Waals surface area contributed by atoms with E-state index in [2.05, 4.69) is 6.07 Å². The van der Waals surface area contributed by atoms with Gasteiger partial charge in [-0.2, -0.15) is 0 Å². The topological polar surface area (TPSA) is 38.7 Å². The Hall–Kier alpha value is -2.16. The number of rotatable bonds is 5. The van der Waals surface area contributed by atoms with Crippen molar-refractivity contribution < 1.29 is 14.6 Å². The summed E-state index contributed by atoms with van der Waals surface area (Å²) in [6.07, 6.45) is 1.69. The lowest BCUT2D eigenvalue weighted by Crippen LogP contribution is -1.98. The Kier molecular flexibility index (Phi) is 4.51. The molecule has 2 aromatic rings. The van der Waals surface area contributed by atoms with Crippen molar-refractivity contribution in [1.82, 2.24) is 0 Å². The van der Waals surface area contributed by atoms with Crippen molar-refractivity contribution in [1.29, 1.82) is 0 Å². The van der Waals surface area contributed by atoms with Crippen molar-refractivity contribution in [3.63, 3.8) is 0 Å². The van der Waals surface area contributed by atoms with Crippen molar-refractivity contribution in [3.8, 4) is 17.2 Å². The van der Waals surface area contributed by atoms with Gasteiger partial charge in [-0.05, 0) is 48.6 Å². The van der Waals surface area contributed by atoms with Crippen LogP contribution in [0.15, 0.2) is 36.4 Å². The number of phenols is 1. The van der Waals surface area contributed by atoms with Gasteiger partial charge >= 0.3 is 0 Å². The zero-order valence-corrected chi connectivity index (χ0v) is 12.1. The van der Waals surface area contributed by atoms with Gasteiger partial charge in [0, 0.05) is 6.07 Å². The molecular formula is C17H20O3. The molecule has 0 saturated carbocycles. The zero-order valence-electron chi connectivity index (χ0n) is 12.1. The second-order valence-electron chi connectivity index (χ2n) is 4.74. The second-order valence-corrected chi connectivity index (χ2v) is 4.74. The number of hydrogen-bond acceptors (Lipinski definition) is 3. The maximum atomic E-state index is 9.91. The van der Waals surface area contributed by atoms with Crippen LogP contribution in [0.5, 0.6) is 17.2 Å². The predicted octanol–water partition coefficient (Wildman–Crippen LogP) is 3.50. The van der Waals surface area contributed by atoms with Crippen molar-refractivity contribution >= 4 is 0 Å². The minimum Gasteiger partial charge on any atom is -0.508 e. The molecule has 0 aliphatic rings. The van der Waals surface area contributed by atoms with E-state index in [4.69, 9.17) is 9.47 Å². The fourth-order valence-electron chi connectivity index (χ4n) is 2.29. The van der Waals surface area contributed by atoms with Gasteiger partial charge in [-0.3, -0.25) is 0 Å². The molecule has 0 saturated heterocycles. The normalized spacial score (nSPS) is 10.3. The summed E-state index contributed by atoms with van der Waals surface area (Å²) in [5, 5.41) is 9.91. The van der Waals surface area contributed by atoms with Crippen molar-refractivity contribution in [2.24, 2.45) is 0 Å². The van der Waals surface area contributed by atoms with Gasteiger partial charge in [-0.1, -0.05) is 18.2 Å². The lowest BCUT2D eigenvalue weighted by atomic mass is 9.99. The van der Waals surface area contributed by atoms with Crippen LogP contribution in [0.4, 0.5) is 0 Å². The monoisotopic (exact) mass is 272 g/mol. The van der Waals surface area contributed by atoms with Crippen LogP contribution in [-0.4, -0.2) is 19.3 Å². The lowest BCUT2D eigenvalue weighted by molar-refractivity contribution is 0.405. The molecule has 0 radical (unpaired) electrons. The molecule has 0 amide bonds. The van der Waals surface area contributed by atoms with E-state index in [0.717, 1.165) is 35.3 Å². The molecule has 106 valence electrons. The highest BCUT2D eigenvalue weighted by molar-refractivity contribution is 5.45. The Balaban J connectivity index is 2.20. The molecule has 0 atom stereocenters. The Morgan fingerprint density at radius 2 is 1.65 bits per heavy atom. The smallest absolute Gasteiger partial charge is 0.122 e. The van der Waals surface area contributed by atoms with Crippen LogP contribution in [0.2, 0.25) is 0 Å². The maximum absolute atomic E-state index is 9.91. The first kappa shape index (κ1) is 14.3. The molecule has 1 N–H and O–H groups in total. The number of ether oxygens (including phenoxy) is 2. The third kappa shape index (κ3) is 3.05. The van der Waals surface area contributed by atoms with Gasteiger partial charge in [0.25, 0.3) is 0 Å². The highest BCUT2D eigenvalue weighted by Crippen LogP contribution is 2.28. The summed E-state index contributed by atoms with van der Waals surface area (Å²) < 4.78 is 10.6. The molecule has 0 aliphatic carbocycles. The van der Waals surface area contributed by atoms with Gasteiger partial charge < -0.3 is 14.6 Å². The van der Waals surface area contributed by atoms with Crippen LogP contribution in [0.25, 0.3) is 0 Å². The first-order valence-corrected chi connectivity index (χ1v) is 6.64. The summed E-state index contributed by atoms with van der Waals surface area (Å²) in [4.78, 5) is 0. The highest BCUT2D eigenvalue weighted by Gasteiger charge is 2.09. The van der Waals surface area contributed by atoms with E-state index in [9.17, 15) is 5.11 Å². The largest absolute Gasteiger partial charge is 0.508 e. The van der Waals surface area contributed by atoms with Crippen LogP contribution in [-0.2, 0) is 12.8 Å². The van der Waals surface area contributed by atoms with Gasteiger partial charge in [0.15, 0.2) is 0 Å². The quantitative estimate of drug-likeness (QED) is 0.905. The molecule has 0 aliphatic heterocycles. The number of aryl methyl sites for hydroxylation is 2. The predicted molar refractivity (Wildman–Crippen MR) is 79.8 cm³/mol. The van der Waals surface area contributed by atoms with E-state index in [1.807, 2.05) is 31.2 Å². The molecular weight excluding hydrogens is 252 g/mol. The SMILES string of the molecule is COc1cc(O)c(C)c(CCc2ccccc2OC)c1. The van der Waals surface area contributed by atoms with Crippen LogP contribution in [0, 0.1) is 6.92 Å². The summed E-state index contributed by atoms with van der Waals surface area (Å²) in [7, 11) is 3.29. The van der Waals surface area contributed by atoms with E-state index < -0.39 is 0 Å². The van der Waals surface area contributed by atoms with Crippen LogP contribution in [0.3, 0.4) is 0 Å². The molecule has 0 bridgehead atoms. The third-order valence-electron chi connectivity index (χ3n) is 3.55. The van der Waals surface area contributed by atoms with Crippen molar-refractivity contribution in [2.75, 3.05) is 14.2 Å². The average Bonchev–Trinajstić information content (AvgIpc) is 2.48. The Labute approximate surface area is 119 Å². The first-order chi connectivity index (χ1) is 9.65. The summed E-state index contributed by atoms with van der Waals surface area (Å²) in [6.45, 7) is 1.92. The standard InChI is InChI=1S/C17H20O3/c1-12-14(10-15(19-2)11-16(12)18)9-8-13-6-4-5-7-17(13)20-3/h4-7,10-11,18H,8-9H2,1-3H3. The lowest BCUT2D eigenvalue weighted by Gasteiger charge is -2.12. The first-order valence-electron chi connectivity index (χ1n) is 6.64. The van der Waals surface area contributed by atoms with Gasteiger partial charge in [0.2, 0.25) is 0 Å². The van der Waals surface area contributed by atoms with E-state index in [0.29, 0.717) is 5.75 Å². The Bertz CT molecular complexity index is 591. The molecule has 0 fully saturated rings. The second kappa shape index (κ2) is 6.33. The fraction of sp³-hybridized carbons (Fsp3) is 0.294. The third-order valence-corrected chi connectivity index (χ3v) is 3.55. The van der Waals surface area contributed by atoms with Gasteiger partial charge in [0.05, 0.1) is 14.2 Å². The summed E-state index contributed by atoms with van der Waals surface area (Å²) in [5.74, 6) is 1.86. The molecule has 0 heterocycles. The summed E-state index contributed by atoms with van der Waals surface area (Å²) >= 11 is 0. The van der Waals surface area contributed by atoms with Gasteiger partial charge in [-0.25, -0.2) is 0 Å². The molecule has 2 aromatic carbocycles. The minimum absolute atomic E-state index is 0.277. The van der Waals surface area contributed by atoms with Gasteiger partial charge in [0.1, 0.15) is 17.2 Å². The average molecular weight is 272 g/mol. The zero-order chi connectivity index (χ0) is 14.5. The number of methoxy groups -OCH3 is 2. The molecule has 3 heteroatoms. The highest BCUT2D eigenvalue weighted by atomic mass is 16.5. The number of aromatic hydroxyl groups is 1. The Morgan fingerprint density at radius 1 is 0.950 bits per heavy atom. The number of phenolic OH excluding ortho intramolecular Hbond substituents is 1. The molecule has 0 aromatic heterocycles. The molecule has 0 spiro atoms. The molecule has 20 heavy (non-hydrogen) atoms. The van der Waals surface area contributed by atoms with E-state index in [1.54, 1.807) is 20.3 Å². The molecule has 2 rings (SSSR count). The summed E-state index contributed by atoms with van der Waals surface area (Å²) in [5.41, 5.74) is 3.16. The van der Waals surface area contributed by atoms with Crippen LogP contribution >= 0.6 is 0 Å². The number of hydrogen-bond donors (Lipinski definition) is 1. The number of para-hydroxylation sites is 1. The number of benzene rings is 2. The van der Waals surface area contributed by atoms with Gasteiger partial charge in [-0.15, -0.1) is 0 Å². The molecule has 0 unspecified atom stereocenters. The maximum Gasteiger partial charge on any atom is 0.122 e. The van der Waals surface area contributed by atoms with E-state index >= 15 is 0 Å². The van der Waals surface area contributed by atoms with Crippen molar-refractivity contribution in [2.45, 2.75) is 19.8 Å². The summed E-state index contributed by atoms with van der Waals surface area (Å²) in [6, 6.07) is 11.6. The van der Waals surface area contributed by atoms with Crippen LogP contribution in [0.1, 0.15) is 16.7 Å².